The third-order valence-corrected chi connectivity index (χ3v) is 12.0. The van der Waals surface area contributed by atoms with Gasteiger partial charge in [-0.15, -0.1) is 11.3 Å². The Labute approximate surface area is 322 Å². The molecular weight excluding hydrogens is 687 g/mol. The molecule has 11 aromatic rings. The summed E-state index contributed by atoms with van der Waals surface area (Å²) in [5.41, 5.74) is 12.2. The van der Waals surface area contributed by atoms with Gasteiger partial charge in [0.05, 0.1) is 5.69 Å². The summed E-state index contributed by atoms with van der Waals surface area (Å²) in [6.07, 6.45) is 0. The van der Waals surface area contributed by atoms with Crippen LogP contribution in [0.15, 0.2) is 205 Å². The van der Waals surface area contributed by atoms with E-state index < -0.39 is 0 Å². The number of nitrogens with zero attached hydrogens (tertiary/aromatic N) is 1. The molecule has 0 N–H and O–H groups in total. The molecule has 0 bridgehead atoms. The first-order valence-electron chi connectivity index (χ1n) is 18.7. The van der Waals surface area contributed by atoms with Crippen molar-refractivity contribution >= 4 is 81.3 Å². The van der Waals surface area contributed by atoms with E-state index in [1.54, 1.807) is 0 Å². The summed E-state index contributed by atoms with van der Waals surface area (Å²) in [6, 6.07) is 72.3. The number of benzene rings is 9. The maximum absolute atomic E-state index is 6.26. The topological polar surface area (TPSA) is 16.4 Å². The van der Waals surface area contributed by atoms with Crippen molar-refractivity contribution in [1.82, 2.24) is 0 Å². The summed E-state index contributed by atoms with van der Waals surface area (Å²) in [6.45, 7) is 0. The van der Waals surface area contributed by atoms with Crippen molar-refractivity contribution in [2.24, 2.45) is 0 Å². The predicted molar refractivity (Wildman–Crippen MR) is 235 cm³/mol. The van der Waals surface area contributed by atoms with E-state index in [0.717, 1.165) is 39.0 Å². The van der Waals surface area contributed by atoms with Crippen LogP contribution < -0.4 is 4.90 Å². The van der Waals surface area contributed by atoms with E-state index >= 15 is 0 Å². The lowest BCUT2D eigenvalue weighted by molar-refractivity contribution is 0.669. The second-order valence-corrected chi connectivity index (χ2v) is 15.2. The lowest BCUT2D eigenvalue weighted by Crippen LogP contribution is -2.11. The molecule has 0 aliphatic rings. The zero-order valence-corrected chi connectivity index (χ0v) is 30.6. The van der Waals surface area contributed by atoms with Gasteiger partial charge in [0.25, 0.3) is 0 Å². The molecule has 258 valence electrons. The molecule has 2 nitrogen and oxygen atoms in total. The Kier molecular flexibility index (Phi) is 7.39. The molecule has 2 heterocycles. The standard InChI is InChI=1S/C52H33NOS/c1-2-12-41-36(10-1)11-9-16-42(41)37-22-20-34(21-23-37)35-24-27-39(28-25-35)53(40-29-31-50-47(33-40)44-14-4-7-18-49(44)54-50)48-17-6-3-13-43(48)38-26-30-46-45-15-5-8-19-51(45)55-52(46)32-38/h1-33H. The number of fused-ring (bicyclic) bond motifs is 7. The van der Waals surface area contributed by atoms with Crippen LogP contribution in [-0.4, -0.2) is 0 Å². The number of furan rings is 1. The van der Waals surface area contributed by atoms with Gasteiger partial charge in [-0.1, -0.05) is 146 Å². The first-order valence-corrected chi connectivity index (χ1v) is 19.5. The molecule has 0 fully saturated rings. The number of anilines is 3. The van der Waals surface area contributed by atoms with E-state index in [0.29, 0.717) is 0 Å². The Hall–Kier alpha value is -6.94. The largest absolute Gasteiger partial charge is 0.456 e. The van der Waals surface area contributed by atoms with E-state index in [2.05, 4.69) is 193 Å². The summed E-state index contributed by atoms with van der Waals surface area (Å²) < 4.78 is 8.87. The van der Waals surface area contributed by atoms with E-state index in [9.17, 15) is 0 Å². The lowest BCUT2D eigenvalue weighted by Gasteiger charge is -2.28. The molecule has 0 aliphatic carbocycles. The van der Waals surface area contributed by atoms with E-state index in [4.69, 9.17) is 4.42 Å². The average Bonchev–Trinajstić information content (AvgIpc) is 3.82. The molecule has 55 heavy (non-hydrogen) atoms. The van der Waals surface area contributed by atoms with Crippen LogP contribution in [0.2, 0.25) is 0 Å². The first-order chi connectivity index (χ1) is 27.2. The summed E-state index contributed by atoms with van der Waals surface area (Å²) in [4.78, 5) is 2.39. The highest BCUT2D eigenvalue weighted by Crippen LogP contribution is 2.45. The summed E-state index contributed by atoms with van der Waals surface area (Å²) in [5, 5.41) is 7.36. The minimum Gasteiger partial charge on any atom is -0.456 e. The molecule has 2 aromatic heterocycles. The molecule has 0 amide bonds. The smallest absolute Gasteiger partial charge is 0.135 e. The molecule has 0 unspecified atom stereocenters. The minimum absolute atomic E-state index is 0.885. The summed E-state index contributed by atoms with van der Waals surface area (Å²) >= 11 is 1.86. The van der Waals surface area contributed by atoms with Crippen LogP contribution >= 0.6 is 11.3 Å². The molecule has 0 saturated heterocycles. The van der Waals surface area contributed by atoms with Crippen molar-refractivity contribution in [3.8, 4) is 33.4 Å². The van der Waals surface area contributed by atoms with Gasteiger partial charge in [0, 0.05) is 47.9 Å². The Balaban J connectivity index is 1.02. The lowest BCUT2D eigenvalue weighted by atomic mass is 9.96. The maximum Gasteiger partial charge on any atom is 0.135 e. The number of rotatable bonds is 6. The molecule has 9 aromatic carbocycles. The van der Waals surface area contributed by atoms with Crippen molar-refractivity contribution < 1.29 is 4.42 Å². The Morgan fingerprint density at radius 3 is 1.82 bits per heavy atom. The van der Waals surface area contributed by atoms with Gasteiger partial charge < -0.3 is 9.32 Å². The third-order valence-electron chi connectivity index (χ3n) is 10.9. The number of para-hydroxylation sites is 2. The number of hydrogen-bond donors (Lipinski definition) is 0. The molecule has 0 atom stereocenters. The van der Waals surface area contributed by atoms with Crippen molar-refractivity contribution in [2.45, 2.75) is 0 Å². The Morgan fingerprint density at radius 2 is 0.945 bits per heavy atom. The van der Waals surface area contributed by atoms with Crippen LogP contribution in [0, 0.1) is 0 Å². The number of thiophene rings is 1. The van der Waals surface area contributed by atoms with Gasteiger partial charge in [-0.3, -0.25) is 0 Å². The molecule has 11 rings (SSSR count). The van der Waals surface area contributed by atoms with Crippen molar-refractivity contribution in [3.63, 3.8) is 0 Å². The predicted octanol–water partition coefficient (Wildman–Crippen LogP) is 15.6. The van der Waals surface area contributed by atoms with Gasteiger partial charge in [-0.2, -0.15) is 0 Å². The highest BCUT2D eigenvalue weighted by molar-refractivity contribution is 7.25. The van der Waals surface area contributed by atoms with Crippen molar-refractivity contribution in [1.29, 1.82) is 0 Å². The average molecular weight is 720 g/mol. The molecule has 0 spiro atoms. The van der Waals surface area contributed by atoms with Crippen LogP contribution in [0.3, 0.4) is 0 Å². The molecule has 0 radical (unpaired) electrons. The van der Waals surface area contributed by atoms with E-state index in [1.165, 1.54) is 64.3 Å². The van der Waals surface area contributed by atoms with Crippen LogP contribution in [0.25, 0.3) is 86.3 Å². The highest BCUT2D eigenvalue weighted by atomic mass is 32.1. The zero-order chi connectivity index (χ0) is 36.3. The van der Waals surface area contributed by atoms with Gasteiger partial charge in [0.1, 0.15) is 11.2 Å². The van der Waals surface area contributed by atoms with Gasteiger partial charge in [-0.25, -0.2) is 0 Å². The van der Waals surface area contributed by atoms with E-state index in [-0.39, 0.29) is 0 Å². The second-order valence-electron chi connectivity index (χ2n) is 14.1. The van der Waals surface area contributed by atoms with Crippen molar-refractivity contribution in [3.05, 3.63) is 200 Å². The van der Waals surface area contributed by atoms with E-state index in [1.807, 2.05) is 23.5 Å². The normalized spacial score (nSPS) is 11.6. The van der Waals surface area contributed by atoms with Gasteiger partial charge in [0.15, 0.2) is 0 Å². The van der Waals surface area contributed by atoms with Crippen LogP contribution in [-0.2, 0) is 0 Å². The van der Waals surface area contributed by atoms with Crippen LogP contribution in [0.4, 0.5) is 17.1 Å². The molecular formula is C52H33NOS. The Bertz CT molecular complexity index is 3200. The Morgan fingerprint density at radius 1 is 0.345 bits per heavy atom. The van der Waals surface area contributed by atoms with Crippen LogP contribution in [0.5, 0.6) is 0 Å². The molecule has 0 aliphatic heterocycles. The quantitative estimate of drug-likeness (QED) is 0.170. The van der Waals surface area contributed by atoms with Gasteiger partial charge in [0.2, 0.25) is 0 Å². The SMILES string of the molecule is c1ccc(N(c2ccc(-c3ccc(-c4cccc5ccccc45)cc3)cc2)c2ccc3oc4ccccc4c3c2)c(-c2ccc3c(c2)sc2ccccc23)c1. The fraction of sp³-hybridized carbons (Fsp3) is 0. The molecule has 0 saturated carbocycles. The van der Waals surface area contributed by atoms with Gasteiger partial charge >= 0.3 is 0 Å². The zero-order valence-electron chi connectivity index (χ0n) is 29.8. The molecule has 3 heteroatoms. The fourth-order valence-corrected chi connectivity index (χ4v) is 9.35. The highest BCUT2D eigenvalue weighted by Gasteiger charge is 2.20. The number of hydrogen-bond acceptors (Lipinski definition) is 3. The van der Waals surface area contributed by atoms with Crippen LogP contribution in [0.1, 0.15) is 0 Å². The monoisotopic (exact) mass is 719 g/mol. The summed E-state index contributed by atoms with van der Waals surface area (Å²) in [5.74, 6) is 0. The third kappa shape index (κ3) is 5.40. The fourth-order valence-electron chi connectivity index (χ4n) is 8.21. The first kappa shape index (κ1) is 31.6. The minimum atomic E-state index is 0.885. The maximum atomic E-state index is 6.26. The summed E-state index contributed by atoms with van der Waals surface area (Å²) in [7, 11) is 0. The van der Waals surface area contributed by atoms with Gasteiger partial charge in [-0.05, 0) is 93.2 Å². The second kappa shape index (κ2) is 12.9. The van der Waals surface area contributed by atoms with Crippen molar-refractivity contribution in [2.75, 3.05) is 4.90 Å².